The average molecular weight is 164 g/mol. The largest absolute Gasteiger partial charge is 0.0956 e. The van der Waals surface area contributed by atoms with E-state index in [1.54, 1.807) is 0 Å². The normalized spacial score (nSPS) is 13.3. The van der Waals surface area contributed by atoms with E-state index in [0.29, 0.717) is 0 Å². The summed E-state index contributed by atoms with van der Waals surface area (Å²) in [5.74, 6) is 0. The fourth-order valence-electron chi connectivity index (χ4n) is 0.782. The highest BCUT2D eigenvalue weighted by Gasteiger charge is 1.90. The van der Waals surface area contributed by atoms with Crippen LogP contribution in [0.4, 0.5) is 0 Å². The molecule has 0 saturated heterocycles. The Bertz CT molecular complexity index is 204. The highest BCUT2D eigenvalue weighted by molar-refractivity contribution is 5.30. The van der Waals surface area contributed by atoms with Crippen molar-refractivity contribution in [2.75, 3.05) is 0 Å². The fraction of sp³-hybridized carbons (Fsp3) is 0.500. The topological polar surface area (TPSA) is 0 Å². The average Bonchev–Trinajstić information content (AvgIpc) is 2.11. The number of rotatable bonds is 4. The van der Waals surface area contributed by atoms with E-state index >= 15 is 0 Å². The molecular formula is C12H20. The molecule has 0 aromatic heterocycles. The third kappa shape index (κ3) is 4.17. The van der Waals surface area contributed by atoms with Crippen molar-refractivity contribution >= 4 is 0 Å². The van der Waals surface area contributed by atoms with E-state index in [1.807, 2.05) is 0 Å². The van der Waals surface area contributed by atoms with Crippen molar-refractivity contribution < 1.29 is 0 Å². The van der Waals surface area contributed by atoms with Crippen LogP contribution in [0.3, 0.4) is 0 Å². The molecule has 12 heavy (non-hydrogen) atoms. The van der Waals surface area contributed by atoms with Crippen LogP contribution in [0, 0.1) is 0 Å². The van der Waals surface area contributed by atoms with Gasteiger partial charge in [0.15, 0.2) is 0 Å². The molecule has 0 bridgehead atoms. The van der Waals surface area contributed by atoms with Gasteiger partial charge in [-0.05, 0) is 32.3 Å². The maximum Gasteiger partial charge on any atom is -0.0311 e. The number of hydrogen-bond acceptors (Lipinski definition) is 0. The summed E-state index contributed by atoms with van der Waals surface area (Å²) in [5, 5.41) is 0. The molecule has 0 rings (SSSR count). The second kappa shape index (κ2) is 5.82. The van der Waals surface area contributed by atoms with Crippen LogP contribution in [0.5, 0.6) is 0 Å². The Morgan fingerprint density at radius 3 is 2.08 bits per heavy atom. The fourth-order valence-corrected chi connectivity index (χ4v) is 0.782. The van der Waals surface area contributed by atoms with E-state index in [9.17, 15) is 0 Å². The van der Waals surface area contributed by atoms with E-state index in [1.165, 1.54) is 16.7 Å². The molecule has 0 spiro atoms. The van der Waals surface area contributed by atoms with Gasteiger partial charge in [0.2, 0.25) is 0 Å². The summed E-state index contributed by atoms with van der Waals surface area (Å²) < 4.78 is 0. The second-order valence-corrected chi connectivity index (χ2v) is 3.17. The quantitative estimate of drug-likeness (QED) is 0.545. The van der Waals surface area contributed by atoms with Gasteiger partial charge < -0.3 is 0 Å². The van der Waals surface area contributed by atoms with Gasteiger partial charge in [-0.15, -0.1) is 0 Å². The van der Waals surface area contributed by atoms with Gasteiger partial charge in [-0.2, -0.15) is 0 Å². The summed E-state index contributed by atoms with van der Waals surface area (Å²) in [6, 6.07) is 0. The third-order valence-electron chi connectivity index (χ3n) is 2.16. The summed E-state index contributed by atoms with van der Waals surface area (Å²) >= 11 is 0. The Kier molecular flexibility index (Phi) is 5.44. The molecule has 0 aliphatic carbocycles. The van der Waals surface area contributed by atoms with Crippen LogP contribution >= 0.6 is 0 Å². The van der Waals surface area contributed by atoms with Gasteiger partial charge in [0, 0.05) is 0 Å². The molecule has 68 valence electrons. The summed E-state index contributed by atoms with van der Waals surface area (Å²) in [7, 11) is 0. The van der Waals surface area contributed by atoms with Crippen LogP contribution in [0.1, 0.15) is 40.5 Å². The van der Waals surface area contributed by atoms with E-state index in [-0.39, 0.29) is 0 Å². The van der Waals surface area contributed by atoms with Gasteiger partial charge >= 0.3 is 0 Å². The number of hydrogen-bond donors (Lipinski definition) is 0. The molecule has 0 amide bonds. The monoisotopic (exact) mass is 164 g/mol. The van der Waals surface area contributed by atoms with Crippen molar-refractivity contribution in [3.8, 4) is 0 Å². The standard InChI is InChI=1S/C12H20/c1-6-10(3)8-9-12(5)11(4)7-2/h8-9H,4,6-7H2,1-3,5H3/b10-8+,12-9-. The van der Waals surface area contributed by atoms with Crippen LogP contribution < -0.4 is 0 Å². The minimum atomic E-state index is 1.04. The second-order valence-electron chi connectivity index (χ2n) is 3.17. The molecular weight excluding hydrogens is 144 g/mol. The zero-order valence-corrected chi connectivity index (χ0v) is 8.78. The first-order valence-electron chi connectivity index (χ1n) is 4.64. The number of allylic oxidation sites excluding steroid dienone is 5. The van der Waals surface area contributed by atoms with E-state index in [0.717, 1.165) is 12.8 Å². The zero-order chi connectivity index (χ0) is 9.56. The molecule has 0 unspecified atom stereocenters. The first kappa shape index (κ1) is 11.2. The van der Waals surface area contributed by atoms with Gasteiger partial charge in [0.25, 0.3) is 0 Å². The highest BCUT2D eigenvalue weighted by Crippen LogP contribution is 2.11. The summed E-state index contributed by atoms with van der Waals surface area (Å²) in [4.78, 5) is 0. The smallest absolute Gasteiger partial charge is 0.0311 e. The van der Waals surface area contributed by atoms with Crippen molar-refractivity contribution in [1.82, 2.24) is 0 Å². The molecule has 0 heterocycles. The van der Waals surface area contributed by atoms with Crippen LogP contribution in [-0.4, -0.2) is 0 Å². The summed E-state index contributed by atoms with van der Waals surface area (Å²) in [5.41, 5.74) is 3.94. The first-order chi connectivity index (χ1) is 5.61. The van der Waals surface area contributed by atoms with E-state index in [2.05, 4.69) is 46.4 Å². The third-order valence-corrected chi connectivity index (χ3v) is 2.16. The molecule has 0 atom stereocenters. The minimum Gasteiger partial charge on any atom is -0.0956 e. The maximum atomic E-state index is 3.98. The minimum absolute atomic E-state index is 1.04. The van der Waals surface area contributed by atoms with Gasteiger partial charge in [0.1, 0.15) is 0 Å². The predicted octanol–water partition coefficient (Wildman–Crippen LogP) is 4.26. The van der Waals surface area contributed by atoms with Gasteiger partial charge in [-0.3, -0.25) is 0 Å². The van der Waals surface area contributed by atoms with Crippen molar-refractivity contribution in [2.45, 2.75) is 40.5 Å². The molecule has 0 aliphatic heterocycles. The van der Waals surface area contributed by atoms with Gasteiger partial charge in [-0.1, -0.05) is 43.7 Å². The molecule has 0 nitrogen and oxygen atoms in total. The lowest BCUT2D eigenvalue weighted by atomic mass is 10.1. The lowest BCUT2D eigenvalue weighted by molar-refractivity contribution is 1.09. The maximum absolute atomic E-state index is 3.98. The van der Waals surface area contributed by atoms with Crippen molar-refractivity contribution in [1.29, 1.82) is 0 Å². The summed E-state index contributed by atoms with van der Waals surface area (Å²) in [6.45, 7) is 12.6. The van der Waals surface area contributed by atoms with Gasteiger partial charge in [-0.25, -0.2) is 0 Å². The Balaban J connectivity index is 4.27. The summed E-state index contributed by atoms with van der Waals surface area (Å²) in [6.07, 6.45) is 6.50. The van der Waals surface area contributed by atoms with Crippen LogP contribution in [-0.2, 0) is 0 Å². The first-order valence-corrected chi connectivity index (χ1v) is 4.64. The lowest BCUT2D eigenvalue weighted by Crippen LogP contribution is -1.80. The molecule has 0 aromatic rings. The molecule has 0 aliphatic rings. The van der Waals surface area contributed by atoms with Crippen LogP contribution in [0.15, 0.2) is 35.5 Å². The lowest BCUT2D eigenvalue weighted by Gasteiger charge is -2.00. The molecule has 0 saturated carbocycles. The Labute approximate surface area is 76.7 Å². The Morgan fingerprint density at radius 2 is 1.67 bits per heavy atom. The van der Waals surface area contributed by atoms with Crippen molar-refractivity contribution in [3.63, 3.8) is 0 Å². The Hall–Kier alpha value is -0.780. The molecule has 0 aromatic carbocycles. The zero-order valence-electron chi connectivity index (χ0n) is 8.78. The van der Waals surface area contributed by atoms with Crippen LogP contribution in [0.2, 0.25) is 0 Å². The van der Waals surface area contributed by atoms with Crippen LogP contribution in [0.25, 0.3) is 0 Å². The van der Waals surface area contributed by atoms with E-state index in [4.69, 9.17) is 0 Å². The Morgan fingerprint density at radius 1 is 1.08 bits per heavy atom. The predicted molar refractivity (Wildman–Crippen MR) is 57.2 cm³/mol. The molecule has 0 heteroatoms. The highest BCUT2D eigenvalue weighted by atomic mass is 14.0. The van der Waals surface area contributed by atoms with Crippen molar-refractivity contribution in [3.05, 3.63) is 35.5 Å². The van der Waals surface area contributed by atoms with Crippen molar-refractivity contribution in [2.24, 2.45) is 0 Å². The van der Waals surface area contributed by atoms with E-state index < -0.39 is 0 Å². The molecule has 0 N–H and O–H groups in total. The molecule has 0 radical (unpaired) electrons. The SMILES string of the molecule is C=C(CC)/C(C)=C\C=C(/C)CC. The van der Waals surface area contributed by atoms with Gasteiger partial charge in [0.05, 0.1) is 0 Å². The molecule has 0 fully saturated rings.